The molecule has 0 unspecified atom stereocenters. The van der Waals surface area contributed by atoms with Crippen molar-refractivity contribution in [2.24, 2.45) is 5.92 Å². The quantitative estimate of drug-likeness (QED) is 0.790. The Bertz CT molecular complexity index is 868. The molecule has 116 valence electrons. The zero-order valence-electron chi connectivity index (χ0n) is 13.2. The van der Waals surface area contributed by atoms with Crippen molar-refractivity contribution in [3.63, 3.8) is 0 Å². The van der Waals surface area contributed by atoms with Crippen LogP contribution in [0.15, 0.2) is 48.9 Å². The Morgan fingerprint density at radius 2 is 2.09 bits per heavy atom. The highest BCUT2D eigenvalue weighted by molar-refractivity contribution is 5.94. The molecule has 4 heteroatoms. The van der Waals surface area contributed by atoms with Gasteiger partial charge in [0, 0.05) is 55.1 Å². The number of benzene rings is 1. The summed E-state index contributed by atoms with van der Waals surface area (Å²) in [6.07, 6.45) is 5.97. The molecule has 2 saturated heterocycles. The molecule has 4 nitrogen and oxygen atoms in total. The number of aromatic amines is 1. The van der Waals surface area contributed by atoms with Crippen LogP contribution in [0.25, 0.3) is 22.0 Å². The average molecular weight is 304 g/mol. The Morgan fingerprint density at radius 3 is 2.96 bits per heavy atom. The summed E-state index contributed by atoms with van der Waals surface area (Å²) in [6.45, 7) is 3.52. The first kappa shape index (κ1) is 13.1. The number of hydrogen-bond acceptors (Lipinski definition) is 3. The van der Waals surface area contributed by atoms with Crippen LogP contribution in [0.5, 0.6) is 0 Å². The number of fused-ring (bicyclic) bond motifs is 2. The van der Waals surface area contributed by atoms with Gasteiger partial charge in [-0.2, -0.15) is 0 Å². The van der Waals surface area contributed by atoms with Gasteiger partial charge in [-0.15, -0.1) is 0 Å². The third-order valence-corrected chi connectivity index (χ3v) is 5.48. The molecular weight excluding hydrogens is 284 g/mol. The zero-order valence-corrected chi connectivity index (χ0v) is 13.2. The Labute approximate surface area is 135 Å². The van der Waals surface area contributed by atoms with Gasteiger partial charge >= 0.3 is 0 Å². The minimum absolute atomic E-state index is 0.727. The SMILES string of the molecule is CN1C[C@H]2CN(c3cncc(-c4cccc5cc[nH]c45)c3)C[C@H]21. The lowest BCUT2D eigenvalue weighted by Gasteiger charge is -2.40. The maximum Gasteiger partial charge on any atom is 0.0559 e. The zero-order chi connectivity index (χ0) is 15.4. The van der Waals surface area contributed by atoms with E-state index in [4.69, 9.17) is 0 Å². The van der Waals surface area contributed by atoms with Crippen molar-refractivity contribution >= 4 is 16.6 Å². The maximum absolute atomic E-state index is 4.52. The van der Waals surface area contributed by atoms with Crippen LogP contribution in [0, 0.1) is 5.92 Å². The van der Waals surface area contributed by atoms with Gasteiger partial charge in [-0.05, 0) is 24.6 Å². The van der Waals surface area contributed by atoms with E-state index in [1.165, 1.54) is 34.3 Å². The number of likely N-dealkylation sites (tertiary alicyclic amines) is 1. The van der Waals surface area contributed by atoms with Crippen LogP contribution in [0.2, 0.25) is 0 Å². The normalized spacial score (nSPS) is 24.0. The van der Waals surface area contributed by atoms with Crippen LogP contribution in [0.4, 0.5) is 5.69 Å². The topological polar surface area (TPSA) is 35.2 Å². The number of rotatable bonds is 2. The summed E-state index contributed by atoms with van der Waals surface area (Å²) in [4.78, 5) is 12.8. The Hall–Kier alpha value is -2.33. The van der Waals surface area contributed by atoms with E-state index in [1.807, 2.05) is 18.6 Å². The standard InChI is InChI=1S/C19H20N4/c1-22-10-15-11-23(12-18(15)22)16-7-14(8-20-9-16)17-4-2-3-13-5-6-21-19(13)17/h2-9,15,18,21H,10-12H2,1H3/t15-,18+/m0/s1. The summed E-state index contributed by atoms with van der Waals surface area (Å²) in [7, 11) is 2.23. The predicted molar refractivity (Wildman–Crippen MR) is 93.7 cm³/mol. The summed E-state index contributed by atoms with van der Waals surface area (Å²) in [5.74, 6) is 0.829. The fourth-order valence-electron chi connectivity index (χ4n) is 4.18. The highest BCUT2D eigenvalue weighted by Crippen LogP contribution is 2.35. The molecule has 3 aromatic rings. The second-order valence-corrected chi connectivity index (χ2v) is 6.85. The molecule has 0 bridgehead atoms. The summed E-state index contributed by atoms with van der Waals surface area (Å²) in [5, 5.41) is 1.24. The number of likely N-dealkylation sites (N-methyl/N-ethyl adjacent to an activating group) is 1. The van der Waals surface area contributed by atoms with Gasteiger partial charge in [-0.3, -0.25) is 4.98 Å². The smallest absolute Gasteiger partial charge is 0.0559 e. The number of anilines is 1. The summed E-state index contributed by atoms with van der Waals surface area (Å²) < 4.78 is 0. The Morgan fingerprint density at radius 1 is 1.13 bits per heavy atom. The van der Waals surface area contributed by atoms with Crippen molar-refractivity contribution in [3.8, 4) is 11.1 Å². The van der Waals surface area contributed by atoms with Crippen LogP contribution in [-0.4, -0.2) is 47.6 Å². The van der Waals surface area contributed by atoms with Gasteiger partial charge in [0.2, 0.25) is 0 Å². The van der Waals surface area contributed by atoms with Crippen LogP contribution in [-0.2, 0) is 0 Å². The largest absolute Gasteiger partial charge is 0.368 e. The van der Waals surface area contributed by atoms with Crippen molar-refractivity contribution in [3.05, 3.63) is 48.9 Å². The van der Waals surface area contributed by atoms with E-state index >= 15 is 0 Å². The van der Waals surface area contributed by atoms with Crippen molar-refractivity contribution in [1.82, 2.24) is 14.9 Å². The van der Waals surface area contributed by atoms with E-state index in [-0.39, 0.29) is 0 Å². The maximum atomic E-state index is 4.52. The summed E-state index contributed by atoms with van der Waals surface area (Å²) >= 11 is 0. The highest BCUT2D eigenvalue weighted by atomic mass is 15.3. The summed E-state index contributed by atoms with van der Waals surface area (Å²) in [6, 6.07) is 11.5. The number of aromatic nitrogens is 2. The molecule has 23 heavy (non-hydrogen) atoms. The second-order valence-electron chi connectivity index (χ2n) is 6.85. The first-order valence-corrected chi connectivity index (χ1v) is 8.26. The molecule has 2 atom stereocenters. The number of para-hydroxylation sites is 1. The van der Waals surface area contributed by atoms with Gasteiger partial charge < -0.3 is 14.8 Å². The van der Waals surface area contributed by atoms with Gasteiger partial charge in [0.25, 0.3) is 0 Å². The van der Waals surface area contributed by atoms with Gasteiger partial charge in [-0.1, -0.05) is 18.2 Å². The lowest BCUT2D eigenvalue weighted by molar-refractivity contribution is 0.0827. The first-order valence-electron chi connectivity index (χ1n) is 8.26. The molecule has 0 radical (unpaired) electrons. The third-order valence-electron chi connectivity index (χ3n) is 5.48. The van der Waals surface area contributed by atoms with E-state index in [1.54, 1.807) is 0 Å². The number of pyridine rings is 1. The fourth-order valence-corrected chi connectivity index (χ4v) is 4.18. The number of H-pyrrole nitrogens is 1. The van der Waals surface area contributed by atoms with Gasteiger partial charge in [-0.25, -0.2) is 0 Å². The minimum Gasteiger partial charge on any atom is -0.368 e. The molecular formula is C19H20N4. The van der Waals surface area contributed by atoms with Crippen LogP contribution >= 0.6 is 0 Å². The van der Waals surface area contributed by atoms with Gasteiger partial charge in [0.05, 0.1) is 17.4 Å². The molecule has 0 saturated carbocycles. The molecule has 2 aliphatic rings. The van der Waals surface area contributed by atoms with Gasteiger partial charge in [0.1, 0.15) is 0 Å². The van der Waals surface area contributed by atoms with Crippen molar-refractivity contribution < 1.29 is 0 Å². The predicted octanol–water partition coefficient (Wildman–Crippen LogP) is 2.98. The van der Waals surface area contributed by atoms with E-state index in [9.17, 15) is 0 Å². The molecule has 2 fully saturated rings. The fraction of sp³-hybridized carbons (Fsp3) is 0.316. The van der Waals surface area contributed by atoms with E-state index < -0.39 is 0 Å². The van der Waals surface area contributed by atoms with Crippen LogP contribution in [0.3, 0.4) is 0 Å². The monoisotopic (exact) mass is 304 g/mol. The number of nitrogens with one attached hydrogen (secondary N) is 1. The van der Waals surface area contributed by atoms with E-state index in [0.717, 1.165) is 25.0 Å². The Balaban J connectivity index is 1.52. The van der Waals surface area contributed by atoms with Crippen molar-refractivity contribution in [1.29, 1.82) is 0 Å². The van der Waals surface area contributed by atoms with Crippen molar-refractivity contribution in [2.75, 3.05) is 31.6 Å². The molecule has 0 spiro atoms. The Kier molecular flexibility index (Phi) is 2.76. The molecule has 0 aliphatic carbocycles. The molecule has 2 aromatic heterocycles. The molecule has 4 heterocycles. The summed E-state index contributed by atoms with van der Waals surface area (Å²) in [5.41, 5.74) is 4.84. The molecule has 1 aromatic carbocycles. The van der Waals surface area contributed by atoms with E-state index in [0.29, 0.717) is 0 Å². The van der Waals surface area contributed by atoms with Crippen molar-refractivity contribution in [2.45, 2.75) is 6.04 Å². The lowest BCUT2D eigenvalue weighted by atomic mass is 9.93. The van der Waals surface area contributed by atoms with Crippen LogP contribution in [0.1, 0.15) is 0 Å². The van der Waals surface area contributed by atoms with Gasteiger partial charge in [0.15, 0.2) is 0 Å². The molecule has 5 rings (SSSR count). The van der Waals surface area contributed by atoms with E-state index in [2.05, 4.69) is 57.1 Å². The molecule has 0 amide bonds. The lowest BCUT2D eigenvalue weighted by Crippen LogP contribution is -2.52. The van der Waals surface area contributed by atoms with Crippen LogP contribution < -0.4 is 4.90 Å². The molecule has 2 aliphatic heterocycles. The number of nitrogens with zero attached hydrogens (tertiary/aromatic N) is 3. The number of hydrogen-bond donors (Lipinski definition) is 1. The average Bonchev–Trinajstić information content (AvgIpc) is 3.18. The highest BCUT2D eigenvalue weighted by Gasteiger charge is 2.43. The molecule has 1 N–H and O–H groups in total. The minimum atomic E-state index is 0.727. The third kappa shape index (κ3) is 1.98. The first-order chi connectivity index (χ1) is 11.3. The second kappa shape index (κ2) is 4.83.